The molecule has 2 heterocycles. The van der Waals surface area contributed by atoms with E-state index < -0.39 is 6.10 Å². The van der Waals surface area contributed by atoms with Gasteiger partial charge in [0.05, 0.1) is 26.3 Å². The lowest BCUT2D eigenvalue weighted by Crippen LogP contribution is -2.49. The second-order valence-electron chi connectivity index (χ2n) is 8.03. The summed E-state index contributed by atoms with van der Waals surface area (Å²) in [5, 5.41) is 3.59. The van der Waals surface area contributed by atoms with E-state index in [1.807, 2.05) is 41.3 Å². The van der Waals surface area contributed by atoms with Gasteiger partial charge in [0.1, 0.15) is 11.5 Å². The van der Waals surface area contributed by atoms with Gasteiger partial charge in [-0.05, 0) is 60.4 Å². The normalized spacial score (nSPS) is 28.7. The lowest BCUT2D eigenvalue weighted by atomic mass is 9.77. The van der Waals surface area contributed by atoms with Crippen LogP contribution in [0.15, 0.2) is 54.6 Å². The Morgan fingerprint density at radius 3 is 2.43 bits per heavy atom. The number of amides is 1. The first-order valence-corrected chi connectivity index (χ1v) is 10.3. The Hall–Kier alpha value is -2.99. The molecule has 1 N–H and O–H groups in total. The summed E-state index contributed by atoms with van der Waals surface area (Å²) in [7, 11) is 4.94. The number of fused-ring (bicyclic) bond motifs is 6. The second kappa shape index (κ2) is 7.36. The van der Waals surface area contributed by atoms with Crippen molar-refractivity contribution >= 4 is 17.3 Å². The average molecular weight is 406 g/mol. The predicted octanol–water partition coefficient (Wildman–Crippen LogP) is 3.59. The van der Waals surface area contributed by atoms with E-state index in [1.165, 1.54) is 5.56 Å². The van der Waals surface area contributed by atoms with Gasteiger partial charge in [0.2, 0.25) is 0 Å². The summed E-state index contributed by atoms with van der Waals surface area (Å²) in [5.74, 6) is 2.18. The first kappa shape index (κ1) is 19.0. The zero-order valence-corrected chi connectivity index (χ0v) is 17.4. The van der Waals surface area contributed by atoms with Gasteiger partial charge < -0.3 is 24.4 Å². The fraction of sp³-hybridized carbons (Fsp3) is 0.375. The molecule has 6 nitrogen and oxygen atoms in total. The number of benzene rings is 2. The van der Waals surface area contributed by atoms with E-state index in [1.54, 1.807) is 21.3 Å². The van der Waals surface area contributed by atoms with Gasteiger partial charge in [-0.3, -0.25) is 4.79 Å². The maximum absolute atomic E-state index is 13.5. The predicted molar refractivity (Wildman–Crippen MR) is 115 cm³/mol. The number of nitrogens with zero attached hydrogens (tertiary/aromatic N) is 1. The summed E-state index contributed by atoms with van der Waals surface area (Å²) < 4.78 is 16.4. The summed E-state index contributed by atoms with van der Waals surface area (Å²) >= 11 is 0. The molecule has 1 aliphatic carbocycles. The summed E-state index contributed by atoms with van der Waals surface area (Å²) in [6, 6.07) is 13.6. The largest absolute Gasteiger partial charge is 0.497 e. The molecule has 1 saturated heterocycles. The molecule has 3 aliphatic rings. The van der Waals surface area contributed by atoms with Gasteiger partial charge in [0.25, 0.3) is 5.91 Å². The van der Waals surface area contributed by atoms with Gasteiger partial charge in [-0.1, -0.05) is 12.2 Å². The first-order valence-electron chi connectivity index (χ1n) is 10.3. The van der Waals surface area contributed by atoms with Crippen LogP contribution in [0.4, 0.5) is 11.4 Å². The first-order chi connectivity index (χ1) is 14.7. The molecule has 2 aromatic carbocycles. The number of carbonyl (C=O) groups excluding carboxylic acids is 1. The van der Waals surface area contributed by atoms with E-state index in [4.69, 9.17) is 14.2 Å². The van der Waals surface area contributed by atoms with Crippen LogP contribution >= 0.6 is 0 Å². The Morgan fingerprint density at radius 2 is 1.73 bits per heavy atom. The molecule has 0 bridgehead atoms. The number of hydrogen-bond donors (Lipinski definition) is 1. The van der Waals surface area contributed by atoms with Gasteiger partial charge in [-0.15, -0.1) is 0 Å². The molecule has 6 heteroatoms. The van der Waals surface area contributed by atoms with Crippen molar-refractivity contribution in [2.24, 2.45) is 5.92 Å². The fourth-order valence-electron chi connectivity index (χ4n) is 5.29. The highest BCUT2D eigenvalue weighted by molar-refractivity contribution is 6.03. The minimum atomic E-state index is -0.556. The molecule has 0 saturated carbocycles. The minimum absolute atomic E-state index is 0.00122. The molecule has 30 heavy (non-hydrogen) atoms. The molecule has 1 fully saturated rings. The van der Waals surface area contributed by atoms with Crippen LogP contribution in [0.25, 0.3) is 0 Å². The molecule has 2 aromatic rings. The van der Waals surface area contributed by atoms with E-state index in [0.29, 0.717) is 5.92 Å². The van der Waals surface area contributed by atoms with E-state index in [-0.39, 0.29) is 23.9 Å². The maximum Gasteiger partial charge on any atom is 0.258 e. The topological polar surface area (TPSA) is 60.0 Å². The van der Waals surface area contributed by atoms with Crippen molar-refractivity contribution in [1.29, 1.82) is 0 Å². The monoisotopic (exact) mass is 406 g/mol. The second-order valence-corrected chi connectivity index (χ2v) is 8.03. The van der Waals surface area contributed by atoms with Crippen molar-refractivity contribution < 1.29 is 19.0 Å². The number of hydrogen-bond acceptors (Lipinski definition) is 5. The lowest BCUT2D eigenvalue weighted by molar-refractivity contribution is -0.125. The molecule has 1 amide bonds. The number of carbonyl (C=O) groups is 1. The van der Waals surface area contributed by atoms with Crippen LogP contribution in [0.3, 0.4) is 0 Å². The molecular formula is C24H26N2O4. The highest BCUT2D eigenvalue weighted by Gasteiger charge is 2.56. The molecule has 5 rings (SSSR count). The number of rotatable bonds is 5. The zero-order valence-electron chi connectivity index (χ0n) is 17.4. The highest BCUT2D eigenvalue weighted by Crippen LogP contribution is 2.52. The quantitative estimate of drug-likeness (QED) is 0.769. The average Bonchev–Trinajstić information content (AvgIpc) is 3.37. The Balaban J connectivity index is 1.56. The van der Waals surface area contributed by atoms with Crippen LogP contribution in [-0.4, -0.2) is 45.4 Å². The molecule has 5 atom stereocenters. The summed E-state index contributed by atoms with van der Waals surface area (Å²) in [4.78, 5) is 15.4. The zero-order chi connectivity index (χ0) is 20.8. The SMILES string of the molecule is COc1ccc(N[C@H]2[C@H]3[C@H]4C=CC[C@H]4c4cc(OC)ccc4N3C(=O)[C@@H]2OC)cc1. The molecule has 0 unspecified atom stereocenters. The minimum Gasteiger partial charge on any atom is -0.497 e. The van der Waals surface area contributed by atoms with Crippen LogP contribution < -0.4 is 19.7 Å². The van der Waals surface area contributed by atoms with Crippen molar-refractivity contribution in [3.05, 3.63) is 60.2 Å². The Bertz CT molecular complexity index is 987. The van der Waals surface area contributed by atoms with Gasteiger partial charge in [-0.25, -0.2) is 0 Å². The molecule has 156 valence electrons. The number of methoxy groups -OCH3 is 3. The fourth-order valence-corrected chi connectivity index (χ4v) is 5.29. The van der Waals surface area contributed by atoms with E-state index in [0.717, 1.165) is 29.3 Å². The van der Waals surface area contributed by atoms with Gasteiger partial charge >= 0.3 is 0 Å². The highest BCUT2D eigenvalue weighted by atomic mass is 16.5. The molecule has 0 radical (unpaired) electrons. The third-order valence-electron chi connectivity index (χ3n) is 6.65. The number of allylic oxidation sites excluding steroid dienone is 1. The standard InChI is InChI=1S/C24H26N2O4/c1-28-15-9-7-14(8-10-15)25-21-22-18-6-4-5-17(18)19-13-16(29-2)11-12-20(19)26(22)24(27)23(21)30-3/h4,6-13,17-18,21-23,25H,5H2,1-3H3/t17-,18+,21+,22-,23-/m1/s1. The molecular weight excluding hydrogens is 380 g/mol. The number of anilines is 2. The van der Waals surface area contributed by atoms with Crippen molar-refractivity contribution in [1.82, 2.24) is 0 Å². The van der Waals surface area contributed by atoms with Gasteiger partial charge in [0.15, 0.2) is 6.10 Å². The van der Waals surface area contributed by atoms with Gasteiger partial charge in [-0.2, -0.15) is 0 Å². The van der Waals surface area contributed by atoms with Crippen LogP contribution in [0.1, 0.15) is 17.9 Å². The summed E-state index contributed by atoms with van der Waals surface area (Å²) in [6.45, 7) is 0. The van der Waals surface area contributed by atoms with E-state index in [9.17, 15) is 4.79 Å². The Kier molecular flexibility index (Phi) is 4.66. The van der Waals surface area contributed by atoms with Crippen LogP contribution in [0.5, 0.6) is 11.5 Å². The van der Waals surface area contributed by atoms with E-state index >= 15 is 0 Å². The molecule has 0 aromatic heterocycles. The maximum atomic E-state index is 13.5. The van der Waals surface area contributed by atoms with Crippen molar-refractivity contribution in [2.45, 2.75) is 30.5 Å². The number of nitrogens with one attached hydrogen (secondary N) is 1. The molecule has 0 spiro atoms. The van der Waals surface area contributed by atoms with E-state index in [2.05, 4.69) is 23.5 Å². The third-order valence-corrected chi connectivity index (χ3v) is 6.65. The Morgan fingerprint density at radius 1 is 1.00 bits per heavy atom. The lowest BCUT2D eigenvalue weighted by Gasteiger charge is -2.42. The third kappa shape index (κ3) is 2.78. The van der Waals surface area contributed by atoms with Crippen molar-refractivity contribution in [3.63, 3.8) is 0 Å². The van der Waals surface area contributed by atoms with Crippen LogP contribution in [0.2, 0.25) is 0 Å². The number of ether oxygens (including phenoxy) is 3. The van der Waals surface area contributed by atoms with Crippen molar-refractivity contribution in [2.75, 3.05) is 31.5 Å². The smallest absolute Gasteiger partial charge is 0.258 e. The summed E-state index contributed by atoms with van der Waals surface area (Å²) in [6.07, 6.45) is 4.91. The van der Waals surface area contributed by atoms with Gasteiger partial charge in [0, 0.05) is 24.4 Å². The molecule has 2 aliphatic heterocycles. The van der Waals surface area contributed by atoms with Crippen molar-refractivity contribution in [3.8, 4) is 11.5 Å². The summed E-state index contributed by atoms with van der Waals surface area (Å²) in [5.41, 5.74) is 3.09. The van der Waals surface area contributed by atoms with Crippen LogP contribution in [0, 0.1) is 5.92 Å². The van der Waals surface area contributed by atoms with Crippen LogP contribution in [-0.2, 0) is 9.53 Å². The Labute approximate surface area is 176 Å².